The third-order valence-electron chi connectivity index (χ3n) is 12.0. The Morgan fingerprint density at radius 3 is 0.945 bits per heavy atom. The Labute approximate surface area is 318 Å². The van der Waals surface area contributed by atoms with Gasteiger partial charge in [0.2, 0.25) is 0 Å². The molecule has 0 atom stereocenters. The van der Waals surface area contributed by atoms with Crippen molar-refractivity contribution in [1.82, 2.24) is 0 Å². The van der Waals surface area contributed by atoms with Gasteiger partial charge in [0.25, 0.3) is 0 Å². The van der Waals surface area contributed by atoms with Crippen molar-refractivity contribution in [3.8, 4) is 89.0 Å². The van der Waals surface area contributed by atoms with Crippen LogP contribution in [0.15, 0.2) is 188 Å². The topological polar surface area (TPSA) is 0 Å². The SMILES string of the molecule is Fc1cc2c3c(ccc4c3c1-c1c-4c(-c3ccccc3)c3ccccc3c1-c1ccccc1)-c1c-2c(-c2ccccc2)c2ccccc2c1-c1ccccc1. The van der Waals surface area contributed by atoms with Crippen molar-refractivity contribution in [1.29, 1.82) is 0 Å². The standard InChI is InChI=1S/C54H31F/c55-43-31-42-48-40(49-44(32-17-5-1-6-18-32)36-25-13-14-26-37(36)46(52(42)49)34-21-9-3-10-22-34)29-30-41-50-45(33-19-7-2-8-20-33)38-27-15-16-28-39(38)47(35-23-11-4-12-24-35)54(50)53(43)51(41)48/h1-31H. The van der Waals surface area contributed by atoms with E-state index in [1.807, 2.05) is 6.07 Å². The zero-order valence-corrected chi connectivity index (χ0v) is 29.8. The van der Waals surface area contributed by atoms with Crippen LogP contribution in [0.3, 0.4) is 0 Å². The van der Waals surface area contributed by atoms with Crippen molar-refractivity contribution < 1.29 is 4.39 Å². The van der Waals surface area contributed by atoms with E-state index >= 15 is 4.39 Å². The molecule has 0 radical (unpaired) electrons. The van der Waals surface area contributed by atoms with Gasteiger partial charge in [0, 0.05) is 16.5 Å². The van der Waals surface area contributed by atoms with Gasteiger partial charge in [-0.15, -0.1) is 0 Å². The molecule has 2 aliphatic carbocycles. The Hall–Kier alpha value is -7.09. The molecule has 55 heavy (non-hydrogen) atoms. The van der Waals surface area contributed by atoms with E-state index in [2.05, 4.69) is 182 Å². The van der Waals surface area contributed by atoms with Gasteiger partial charge >= 0.3 is 0 Å². The van der Waals surface area contributed by atoms with Crippen LogP contribution in [0.5, 0.6) is 0 Å². The molecule has 2 aliphatic rings. The van der Waals surface area contributed by atoms with Gasteiger partial charge < -0.3 is 0 Å². The molecule has 0 aromatic heterocycles. The predicted octanol–water partition coefficient (Wildman–Crippen LogP) is 15.2. The molecular formula is C54H31F. The molecule has 0 saturated heterocycles. The number of hydrogen-bond donors (Lipinski definition) is 0. The highest BCUT2D eigenvalue weighted by Gasteiger charge is 2.38. The lowest BCUT2D eigenvalue weighted by atomic mass is 9.81. The first-order chi connectivity index (χ1) is 27.3. The van der Waals surface area contributed by atoms with Crippen LogP contribution in [-0.4, -0.2) is 0 Å². The molecule has 0 unspecified atom stereocenters. The number of hydrogen-bond acceptors (Lipinski definition) is 0. The highest BCUT2D eigenvalue weighted by Crippen LogP contribution is 2.64. The summed E-state index contributed by atoms with van der Waals surface area (Å²) in [5.74, 6) is -0.188. The van der Waals surface area contributed by atoms with Gasteiger partial charge in [-0.05, 0) is 111 Å². The highest BCUT2D eigenvalue weighted by atomic mass is 19.1. The van der Waals surface area contributed by atoms with Gasteiger partial charge in [-0.3, -0.25) is 0 Å². The summed E-state index contributed by atoms with van der Waals surface area (Å²) in [5, 5.41) is 6.78. The molecule has 1 heteroatoms. The molecule has 0 fully saturated rings. The monoisotopic (exact) mass is 698 g/mol. The minimum atomic E-state index is -0.188. The van der Waals surface area contributed by atoms with E-state index in [0.29, 0.717) is 5.56 Å². The smallest absolute Gasteiger partial charge is 0.132 e. The van der Waals surface area contributed by atoms with Crippen molar-refractivity contribution in [3.05, 3.63) is 194 Å². The van der Waals surface area contributed by atoms with Crippen LogP contribution in [0.25, 0.3) is 121 Å². The Morgan fingerprint density at radius 2 is 0.545 bits per heavy atom. The van der Waals surface area contributed by atoms with Crippen LogP contribution < -0.4 is 0 Å². The van der Waals surface area contributed by atoms with E-state index in [9.17, 15) is 0 Å². The summed E-state index contributed by atoms with van der Waals surface area (Å²) < 4.78 is 17.9. The minimum Gasteiger partial charge on any atom is -0.206 e. The van der Waals surface area contributed by atoms with Crippen LogP contribution >= 0.6 is 0 Å². The van der Waals surface area contributed by atoms with Gasteiger partial charge in [0.15, 0.2) is 0 Å². The Balaban J connectivity index is 1.30. The van der Waals surface area contributed by atoms with E-state index < -0.39 is 0 Å². The molecule has 0 aliphatic heterocycles. The largest absolute Gasteiger partial charge is 0.206 e. The maximum atomic E-state index is 17.9. The molecule has 12 rings (SSSR count). The van der Waals surface area contributed by atoms with Gasteiger partial charge in [-0.2, -0.15) is 0 Å². The molecule has 10 aromatic rings. The molecule has 0 bridgehead atoms. The summed E-state index contributed by atoms with van der Waals surface area (Å²) in [6.45, 7) is 0. The van der Waals surface area contributed by atoms with E-state index in [1.54, 1.807) is 0 Å². The fourth-order valence-electron chi connectivity index (χ4n) is 9.94. The minimum absolute atomic E-state index is 0.188. The average Bonchev–Trinajstić information content (AvgIpc) is 3.76. The lowest BCUT2D eigenvalue weighted by Gasteiger charge is -2.21. The predicted molar refractivity (Wildman–Crippen MR) is 230 cm³/mol. The summed E-state index contributed by atoms with van der Waals surface area (Å²) in [5.41, 5.74) is 17.3. The van der Waals surface area contributed by atoms with Gasteiger partial charge in [-0.25, -0.2) is 4.39 Å². The number of rotatable bonds is 4. The van der Waals surface area contributed by atoms with E-state index in [-0.39, 0.29) is 5.82 Å². The molecule has 0 nitrogen and oxygen atoms in total. The molecule has 0 heterocycles. The number of halogens is 1. The van der Waals surface area contributed by atoms with Crippen LogP contribution in [-0.2, 0) is 0 Å². The second kappa shape index (κ2) is 11.5. The summed E-state index contributed by atoms with van der Waals surface area (Å²) in [4.78, 5) is 0. The first-order valence-corrected chi connectivity index (χ1v) is 19.0. The quantitative estimate of drug-likeness (QED) is 0.172. The van der Waals surface area contributed by atoms with Crippen molar-refractivity contribution in [2.75, 3.05) is 0 Å². The van der Waals surface area contributed by atoms with E-state index in [0.717, 1.165) is 88.5 Å². The Morgan fingerprint density at radius 1 is 0.236 bits per heavy atom. The second-order valence-electron chi connectivity index (χ2n) is 14.7. The van der Waals surface area contributed by atoms with E-state index in [1.165, 1.54) is 27.3 Å². The van der Waals surface area contributed by atoms with Crippen LogP contribution in [0.1, 0.15) is 0 Å². The summed E-state index contributed by atoms with van der Waals surface area (Å²) in [6.07, 6.45) is 0. The second-order valence-corrected chi connectivity index (χ2v) is 14.7. The summed E-state index contributed by atoms with van der Waals surface area (Å²) in [7, 11) is 0. The molecule has 254 valence electrons. The molecule has 10 aromatic carbocycles. The third-order valence-corrected chi connectivity index (χ3v) is 12.0. The van der Waals surface area contributed by atoms with Crippen molar-refractivity contribution in [3.63, 3.8) is 0 Å². The lowest BCUT2D eigenvalue weighted by molar-refractivity contribution is 0.634. The van der Waals surface area contributed by atoms with Crippen molar-refractivity contribution in [2.45, 2.75) is 0 Å². The van der Waals surface area contributed by atoms with Crippen molar-refractivity contribution >= 4 is 32.3 Å². The van der Waals surface area contributed by atoms with Gasteiger partial charge in [0.1, 0.15) is 5.82 Å². The molecule has 0 amide bonds. The maximum absolute atomic E-state index is 17.9. The third kappa shape index (κ3) is 4.10. The van der Waals surface area contributed by atoms with Gasteiger partial charge in [0.05, 0.1) is 0 Å². The summed E-state index contributed by atoms with van der Waals surface area (Å²) >= 11 is 0. The first kappa shape index (κ1) is 30.4. The zero-order valence-electron chi connectivity index (χ0n) is 29.8. The molecule has 0 N–H and O–H groups in total. The maximum Gasteiger partial charge on any atom is 0.132 e. The lowest BCUT2D eigenvalue weighted by Crippen LogP contribution is -1.95. The normalized spacial score (nSPS) is 12.1. The molecular weight excluding hydrogens is 668 g/mol. The Kier molecular flexibility index (Phi) is 6.33. The summed E-state index contributed by atoms with van der Waals surface area (Å²) in [6, 6.07) is 66.5. The van der Waals surface area contributed by atoms with Gasteiger partial charge in [-0.1, -0.05) is 182 Å². The fourth-order valence-corrected chi connectivity index (χ4v) is 9.94. The fraction of sp³-hybridized carbons (Fsp3) is 0. The van der Waals surface area contributed by atoms with Crippen LogP contribution in [0.2, 0.25) is 0 Å². The molecule has 0 spiro atoms. The number of fused-ring (bicyclic) bond motifs is 8. The van der Waals surface area contributed by atoms with Crippen LogP contribution in [0, 0.1) is 5.82 Å². The number of benzene rings is 10. The first-order valence-electron chi connectivity index (χ1n) is 19.0. The van der Waals surface area contributed by atoms with Crippen LogP contribution in [0.4, 0.5) is 4.39 Å². The zero-order chi connectivity index (χ0) is 36.2. The van der Waals surface area contributed by atoms with E-state index in [4.69, 9.17) is 0 Å². The highest BCUT2D eigenvalue weighted by molar-refractivity contribution is 6.35. The molecule has 0 saturated carbocycles. The van der Waals surface area contributed by atoms with Crippen molar-refractivity contribution in [2.24, 2.45) is 0 Å². The average molecular weight is 699 g/mol. The Bertz CT molecular complexity index is 3160.